The molecule has 12 heavy (non-hydrogen) atoms. The fraction of sp³-hybridized carbons (Fsp3) is 0.500. The topological polar surface area (TPSA) is 24.9 Å². The molecule has 1 fully saturated rings. The maximum atomic E-state index is 5.73. The molecule has 0 aromatic carbocycles. The van der Waals surface area contributed by atoms with Crippen LogP contribution in [0.1, 0.15) is 13.3 Å². The molecular weight excluding hydrogens is 150 g/mol. The molecule has 0 aromatic heterocycles. The van der Waals surface area contributed by atoms with E-state index in [0.29, 0.717) is 6.10 Å². The fourth-order valence-electron chi connectivity index (χ4n) is 2.28. The fourth-order valence-corrected chi connectivity index (χ4v) is 2.28. The summed E-state index contributed by atoms with van der Waals surface area (Å²) in [6, 6.07) is 0. The normalized spacial score (nSPS) is 45.6. The van der Waals surface area contributed by atoms with Crippen molar-refractivity contribution in [1.82, 2.24) is 0 Å². The van der Waals surface area contributed by atoms with Crippen molar-refractivity contribution >= 4 is 5.71 Å². The van der Waals surface area contributed by atoms with E-state index in [-0.39, 0.29) is 5.60 Å². The molecular formula is C10H11NO. The highest BCUT2D eigenvalue weighted by molar-refractivity contribution is 6.11. The van der Waals surface area contributed by atoms with Crippen molar-refractivity contribution in [3.05, 3.63) is 23.8 Å². The first-order valence-electron chi connectivity index (χ1n) is 4.45. The number of hydrogen-bond acceptors (Lipinski definition) is 2. The van der Waals surface area contributed by atoms with E-state index in [9.17, 15) is 0 Å². The summed E-state index contributed by atoms with van der Waals surface area (Å²) < 4.78 is 5.73. The van der Waals surface area contributed by atoms with Crippen molar-refractivity contribution in [2.45, 2.75) is 25.0 Å². The minimum atomic E-state index is -0.0764. The van der Waals surface area contributed by atoms with Gasteiger partial charge in [-0.3, -0.25) is 4.99 Å². The van der Waals surface area contributed by atoms with Gasteiger partial charge in [-0.15, -0.1) is 0 Å². The minimum Gasteiger partial charge on any atom is -0.354 e. The number of nitrogens with zero attached hydrogens (tertiary/aromatic N) is 1. The van der Waals surface area contributed by atoms with Gasteiger partial charge in [0.1, 0.15) is 6.10 Å². The molecule has 2 atom stereocenters. The molecule has 3 aliphatic rings. The highest BCUT2D eigenvalue weighted by Crippen LogP contribution is 2.51. The largest absolute Gasteiger partial charge is 0.354 e. The Morgan fingerprint density at radius 2 is 2.58 bits per heavy atom. The van der Waals surface area contributed by atoms with E-state index in [0.717, 1.165) is 18.7 Å². The molecule has 0 unspecified atom stereocenters. The molecule has 1 saturated heterocycles. The standard InChI is InChI=1S/C10H11NO/c1-2-7-3-4-8-10(7)9(12-10)5-6-11-8/h2-4,9H,5-6H2,1H3/t9-,10+/m1/s1. The average Bonchev–Trinajstić information content (AvgIpc) is 2.72. The molecule has 2 heterocycles. The predicted molar refractivity (Wildman–Crippen MR) is 47.4 cm³/mol. The quantitative estimate of drug-likeness (QED) is 0.494. The Bertz CT molecular complexity index is 327. The monoisotopic (exact) mass is 161 g/mol. The van der Waals surface area contributed by atoms with Crippen LogP contribution in [0.15, 0.2) is 28.8 Å². The number of aliphatic imine (C=N–C) groups is 1. The second kappa shape index (κ2) is 1.88. The third kappa shape index (κ3) is 0.547. The van der Waals surface area contributed by atoms with E-state index in [1.54, 1.807) is 0 Å². The number of hydrogen-bond donors (Lipinski definition) is 0. The summed E-state index contributed by atoms with van der Waals surface area (Å²) in [7, 11) is 0. The second-order valence-corrected chi connectivity index (χ2v) is 3.48. The van der Waals surface area contributed by atoms with E-state index in [1.165, 1.54) is 5.57 Å². The van der Waals surface area contributed by atoms with Crippen LogP contribution < -0.4 is 0 Å². The van der Waals surface area contributed by atoms with Gasteiger partial charge in [0, 0.05) is 6.54 Å². The second-order valence-electron chi connectivity index (χ2n) is 3.48. The van der Waals surface area contributed by atoms with Crippen LogP contribution in [0.4, 0.5) is 0 Å². The van der Waals surface area contributed by atoms with Gasteiger partial charge in [0.05, 0.1) is 5.71 Å². The van der Waals surface area contributed by atoms with Crippen LogP contribution in [0.3, 0.4) is 0 Å². The molecule has 0 saturated carbocycles. The van der Waals surface area contributed by atoms with Crippen molar-refractivity contribution in [1.29, 1.82) is 0 Å². The smallest absolute Gasteiger partial charge is 0.161 e. The van der Waals surface area contributed by atoms with Gasteiger partial charge in [-0.25, -0.2) is 0 Å². The van der Waals surface area contributed by atoms with Gasteiger partial charge in [0.15, 0.2) is 5.60 Å². The van der Waals surface area contributed by atoms with E-state index in [1.807, 2.05) is 0 Å². The van der Waals surface area contributed by atoms with Gasteiger partial charge in [-0.05, 0) is 25.0 Å². The zero-order valence-electron chi connectivity index (χ0n) is 7.08. The number of epoxide rings is 1. The Kier molecular flexibility index (Phi) is 1.04. The molecule has 0 amide bonds. The summed E-state index contributed by atoms with van der Waals surface area (Å²) in [5.41, 5.74) is 2.37. The zero-order valence-corrected chi connectivity index (χ0v) is 7.08. The Hall–Kier alpha value is -0.890. The van der Waals surface area contributed by atoms with Gasteiger partial charge >= 0.3 is 0 Å². The molecule has 2 heteroatoms. The van der Waals surface area contributed by atoms with Crippen molar-refractivity contribution in [3.8, 4) is 0 Å². The van der Waals surface area contributed by atoms with Crippen LogP contribution >= 0.6 is 0 Å². The lowest BCUT2D eigenvalue weighted by molar-refractivity contribution is 0.364. The van der Waals surface area contributed by atoms with E-state index < -0.39 is 0 Å². The van der Waals surface area contributed by atoms with E-state index in [2.05, 4.69) is 30.1 Å². The molecule has 1 aliphatic carbocycles. The van der Waals surface area contributed by atoms with Crippen LogP contribution in [-0.2, 0) is 4.74 Å². The van der Waals surface area contributed by atoms with Crippen molar-refractivity contribution < 1.29 is 4.74 Å². The maximum Gasteiger partial charge on any atom is 0.161 e. The first-order valence-corrected chi connectivity index (χ1v) is 4.45. The predicted octanol–water partition coefficient (Wildman–Crippen LogP) is 1.48. The number of ether oxygens (including phenoxy) is 1. The summed E-state index contributed by atoms with van der Waals surface area (Å²) in [5.74, 6) is 0. The Labute approximate surface area is 71.6 Å². The lowest BCUT2D eigenvalue weighted by Crippen LogP contribution is -2.27. The molecule has 0 aromatic rings. The summed E-state index contributed by atoms with van der Waals surface area (Å²) >= 11 is 0. The Morgan fingerprint density at radius 3 is 3.42 bits per heavy atom. The molecule has 2 aliphatic heterocycles. The van der Waals surface area contributed by atoms with Crippen molar-refractivity contribution in [2.24, 2.45) is 4.99 Å². The number of allylic oxidation sites excluding steroid dienone is 1. The van der Waals surface area contributed by atoms with Gasteiger partial charge in [0.2, 0.25) is 0 Å². The van der Waals surface area contributed by atoms with Gasteiger partial charge in [0.25, 0.3) is 0 Å². The highest BCUT2D eigenvalue weighted by Gasteiger charge is 2.63. The first kappa shape index (κ1) is 6.61. The molecule has 2 nitrogen and oxygen atoms in total. The molecule has 0 radical (unpaired) electrons. The lowest BCUT2D eigenvalue weighted by atomic mass is 9.92. The average molecular weight is 161 g/mol. The molecule has 0 N–H and O–H groups in total. The van der Waals surface area contributed by atoms with E-state index >= 15 is 0 Å². The zero-order chi connectivity index (χ0) is 8.18. The summed E-state index contributed by atoms with van der Waals surface area (Å²) in [6.45, 7) is 2.99. The minimum absolute atomic E-state index is 0.0764. The van der Waals surface area contributed by atoms with Crippen molar-refractivity contribution in [3.63, 3.8) is 0 Å². The lowest BCUT2D eigenvalue weighted by Gasteiger charge is -2.12. The Balaban J connectivity index is 2.14. The van der Waals surface area contributed by atoms with Gasteiger partial charge in [-0.2, -0.15) is 0 Å². The highest BCUT2D eigenvalue weighted by atomic mass is 16.6. The van der Waals surface area contributed by atoms with Crippen LogP contribution in [0, 0.1) is 0 Å². The molecule has 1 spiro atoms. The number of rotatable bonds is 0. The maximum absolute atomic E-state index is 5.73. The summed E-state index contributed by atoms with van der Waals surface area (Å²) in [4.78, 5) is 4.47. The van der Waals surface area contributed by atoms with Crippen LogP contribution in [0.25, 0.3) is 0 Å². The molecule has 0 bridgehead atoms. The first-order chi connectivity index (χ1) is 5.88. The van der Waals surface area contributed by atoms with Crippen LogP contribution in [-0.4, -0.2) is 24.0 Å². The third-order valence-electron chi connectivity index (χ3n) is 2.94. The SMILES string of the molecule is CC=C1C=CC2=NCC[C@H]3O[C@@]123. The molecule has 62 valence electrons. The van der Waals surface area contributed by atoms with Gasteiger partial charge in [-0.1, -0.05) is 12.2 Å². The summed E-state index contributed by atoms with van der Waals surface area (Å²) in [5, 5.41) is 0. The van der Waals surface area contributed by atoms with Gasteiger partial charge < -0.3 is 4.74 Å². The van der Waals surface area contributed by atoms with Crippen LogP contribution in [0.2, 0.25) is 0 Å². The van der Waals surface area contributed by atoms with E-state index in [4.69, 9.17) is 4.74 Å². The van der Waals surface area contributed by atoms with Crippen molar-refractivity contribution in [2.75, 3.05) is 6.54 Å². The Morgan fingerprint density at radius 1 is 1.67 bits per heavy atom. The van der Waals surface area contributed by atoms with Crippen LogP contribution in [0.5, 0.6) is 0 Å². The third-order valence-corrected chi connectivity index (χ3v) is 2.94. The molecule has 3 rings (SSSR count). The summed E-state index contributed by atoms with van der Waals surface area (Å²) in [6.07, 6.45) is 7.86.